The van der Waals surface area contributed by atoms with E-state index in [1.54, 1.807) is 40.7 Å². The SMILES string of the molecule is CCOC(=O)/C(O)=C(\C(=O)OCC)c1nc2c(C)cc(N3CCOCC3)cc2n1C(=O)OC(C)(C)C. The second-order valence-corrected chi connectivity index (χ2v) is 9.15. The lowest BCUT2D eigenvalue weighted by Gasteiger charge is -2.29. The number of aryl methyl sites for hydroxylation is 1. The number of fused-ring (bicyclic) bond motifs is 1. The van der Waals surface area contributed by atoms with Gasteiger partial charge in [-0.15, -0.1) is 0 Å². The molecule has 1 aliphatic heterocycles. The number of ether oxygens (including phenoxy) is 4. The van der Waals surface area contributed by atoms with Gasteiger partial charge in [-0.05, 0) is 59.2 Å². The Morgan fingerprint density at radius 2 is 1.67 bits per heavy atom. The number of hydrogen-bond acceptors (Lipinski definition) is 10. The topological polar surface area (TPSA) is 129 Å². The number of carbonyl (C=O) groups is 3. The van der Waals surface area contributed by atoms with Crippen molar-refractivity contribution in [3.05, 3.63) is 29.3 Å². The van der Waals surface area contributed by atoms with Crippen LogP contribution in [0.4, 0.5) is 10.5 Å². The fourth-order valence-electron chi connectivity index (χ4n) is 3.79. The molecule has 1 N–H and O–H groups in total. The van der Waals surface area contributed by atoms with Crippen LogP contribution in [-0.2, 0) is 28.5 Å². The van der Waals surface area contributed by atoms with Crippen molar-refractivity contribution in [2.45, 2.75) is 47.1 Å². The van der Waals surface area contributed by atoms with Gasteiger partial charge >= 0.3 is 18.0 Å². The van der Waals surface area contributed by atoms with E-state index >= 15 is 0 Å². The third-order valence-electron chi connectivity index (χ3n) is 5.30. The number of esters is 2. The smallest absolute Gasteiger partial charge is 0.420 e. The van der Waals surface area contributed by atoms with Gasteiger partial charge in [-0.25, -0.2) is 23.9 Å². The van der Waals surface area contributed by atoms with E-state index in [9.17, 15) is 19.5 Å². The Morgan fingerprint density at radius 1 is 1.06 bits per heavy atom. The number of imidazole rings is 1. The zero-order valence-corrected chi connectivity index (χ0v) is 21.5. The van der Waals surface area contributed by atoms with Gasteiger partial charge in [-0.3, -0.25) is 0 Å². The first-order chi connectivity index (χ1) is 17.0. The van der Waals surface area contributed by atoms with Gasteiger partial charge in [-0.2, -0.15) is 0 Å². The number of aromatic nitrogens is 2. The van der Waals surface area contributed by atoms with Gasteiger partial charge in [-0.1, -0.05) is 0 Å². The lowest BCUT2D eigenvalue weighted by molar-refractivity contribution is -0.142. The fourth-order valence-corrected chi connectivity index (χ4v) is 3.79. The molecule has 0 saturated carbocycles. The first-order valence-corrected chi connectivity index (χ1v) is 11.9. The van der Waals surface area contributed by atoms with Gasteiger partial charge in [0.1, 0.15) is 5.60 Å². The van der Waals surface area contributed by atoms with Crippen molar-refractivity contribution >= 4 is 40.3 Å². The summed E-state index contributed by atoms with van der Waals surface area (Å²) in [6, 6.07) is 3.68. The van der Waals surface area contributed by atoms with Gasteiger partial charge in [0.15, 0.2) is 11.4 Å². The molecular weight excluding hydrogens is 470 g/mol. The second-order valence-electron chi connectivity index (χ2n) is 9.15. The van der Waals surface area contributed by atoms with Crippen molar-refractivity contribution in [2.75, 3.05) is 44.4 Å². The fraction of sp³-hybridized carbons (Fsp3) is 0.520. The maximum absolute atomic E-state index is 13.5. The highest BCUT2D eigenvalue weighted by molar-refractivity contribution is 6.22. The molecule has 196 valence electrons. The standard InChI is InChI=1S/C25H33N3O8/c1-7-34-22(30)18(20(29)23(31)35-8-2)21-26-19-15(3)13-16(27-9-11-33-12-10-27)14-17(19)28(21)24(32)36-25(4,5)6/h13-14,29H,7-12H2,1-6H3/b20-18+. The molecule has 0 radical (unpaired) electrons. The Balaban J connectivity index is 2.34. The van der Waals surface area contributed by atoms with E-state index in [4.69, 9.17) is 18.9 Å². The number of anilines is 1. The summed E-state index contributed by atoms with van der Waals surface area (Å²) in [4.78, 5) is 45.4. The quantitative estimate of drug-likeness (QED) is 0.271. The molecular formula is C25H33N3O8. The number of nitrogens with zero attached hydrogens (tertiary/aromatic N) is 3. The molecule has 1 fully saturated rings. The summed E-state index contributed by atoms with van der Waals surface area (Å²) in [7, 11) is 0. The van der Waals surface area contributed by atoms with Crippen LogP contribution in [0.25, 0.3) is 16.6 Å². The van der Waals surface area contributed by atoms with E-state index in [0.29, 0.717) is 37.3 Å². The third-order valence-corrected chi connectivity index (χ3v) is 5.30. The van der Waals surface area contributed by atoms with Gasteiger partial charge in [0.05, 0.1) is 37.5 Å². The molecule has 0 amide bonds. The first kappa shape index (κ1) is 27.0. The van der Waals surface area contributed by atoms with Crippen LogP contribution in [0.1, 0.15) is 46.0 Å². The van der Waals surface area contributed by atoms with E-state index in [1.165, 1.54) is 0 Å². The molecule has 1 saturated heterocycles. The summed E-state index contributed by atoms with van der Waals surface area (Å²) >= 11 is 0. The average molecular weight is 504 g/mol. The Labute approximate surface area is 209 Å². The van der Waals surface area contributed by atoms with E-state index < -0.39 is 35.0 Å². The Morgan fingerprint density at radius 3 is 2.25 bits per heavy atom. The summed E-state index contributed by atoms with van der Waals surface area (Å²) in [5.74, 6) is -3.48. The maximum Gasteiger partial charge on any atom is 0.420 e. The van der Waals surface area contributed by atoms with Crippen LogP contribution in [0.5, 0.6) is 0 Å². The number of carbonyl (C=O) groups excluding carboxylic acids is 3. The van der Waals surface area contributed by atoms with Crippen molar-refractivity contribution in [2.24, 2.45) is 0 Å². The molecule has 36 heavy (non-hydrogen) atoms. The Bertz CT molecular complexity index is 1190. The number of morpholine rings is 1. The molecule has 1 aromatic heterocycles. The predicted octanol–water partition coefficient (Wildman–Crippen LogP) is 3.36. The summed E-state index contributed by atoms with van der Waals surface area (Å²) in [6.07, 6.45) is -0.836. The number of aliphatic hydroxyl groups excluding tert-OH is 1. The van der Waals surface area contributed by atoms with E-state index in [1.807, 2.05) is 13.0 Å². The van der Waals surface area contributed by atoms with Gasteiger partial charge in [0.2, 0.25) is 5.76 Å². The molecule has 0 bridgehead atoms. The lowest BCUT2D eigenvalue weighted by atomic mass is 10.1. The van der Waals surface area contributed by atoms with Gasteiger partial charge < -0.3 is 29.0 Å². The normalized spacial score (nSPS) is 14.9. The molecule has 0 atom stereocenters. The molecule has 11 heteroatoms. The van der Waals surface area contributed by atoms with Crippen molar-refractivity contribution < 1.29 is 38.4 Å². The number of benzene rings is 1. The zero-order valence-electron chi connectivity index (χ0n) is 21.5. The van der Waals surface area contributed by atoms with Crippen LogP contribution in [0.2, 0.25) is 0 Å². The highest BCUT2D eigenvalue weighted by Gasteiger charge is 2.33. The number of hydrogen-bond donors (Lipinski definition) is 1. The predicted molar refractivity (Wildman–Crippen MR) is 132 cm³/mol. The Hall–Kier alpha value is -3.60. The molecule has 2 aromatic rings. The average Bonchev–Trinajstić information content (AvgIpc) is 3.18. The number of aliphatic hydroxyl groups is 1. The third kappa shape index (κ3) is 5.78. The van der Waals surface area contributed by atoms with Crippen LogP contribution in [-0.4, -0.2) is 77.8 Å². The van der Waals surface area contributed by atoms with Crippen LogP contribution in [0, 0.1) is 6.92 Å². The van der Waals surface area contributed by atoms with Crippen molar-refractivity contribution in [3.63, 3.8) is 0 Å². The van der Waals surface area contributed by atoms with Crippen LogP contribution in [0.3, 0.4) is 0 Å². The molecule has 2 heterocycles. The zero-order chi connectivity index (χ0) is 26.6. The Kier molecular flexibility index (Phi) is 8.24. The summed E-state index contributed by atoms with van der Waals surface area (Å²) < 4.78 is 22.1. The molecule has 0 aliphatic carbocycles. The second kappa shape index (κ2) is 11.0. The summed E-state index contributed by atoms with van der Waals surface area (Å²) in [5.41, 5.74) is 0.821. The lowest BCUT2D eigenvalue weighted by Crippen LogP contribution is -2.36. The van der Waals surface area contributed by atoms with Crippen LogP contribution < -0.4 is 4.90 Å². The van der Waals surface area contributed by atoms with Crippen LogP contribution in [0.15, 0.2) is 17.9 Å². The molecule has 11 nitrogen and oxygen atoms in total. The molecule has 1 aliphatic rings. The van der Waals surface area contributed by atoms with E-state index in [0.717, 1.165) is 15.8 Å². The minimum Gasteiger partial charge on any atom is -0.501 e. The van der Waals surface area contributed by atoms with Gasteiger partial charge in [0.25, 0.3) is 0 Å². The highest BCUT2D eigenvalue weighted by Crippen LogP contribution is 2.32. The van der Waals surface area contributed by atoms with E-state index in [-0.39, 0.29) is 19.0 Å². The molecule has 0 unspecified atom stereocenters. The van der Waals surface area contributed by atoms with Gasteiger partial charge in [0, 0.05) is 18.8 Å². The van der Waals surface area contributed by atoms with Crippen molar-refractivity contribution in [3.8, 4) is 0 Å². The van der Waals surface area contributed by atoms with Crippen LogP contribution >= 0.6 is 0 Å². The van der Waals surface area contributed by atoms with Crippen molar-refractivity contribution in [1.82, 2.24) is 9.55 Å². The van der Waals surface area contributed by atoms with Crippen molar-refractivity contribution in [1.29, 1.82) is 0 Å². The summed E-state index contributed by atoms with van der Waals surface area (Å²) in [6.45, 7) is 12.4. The largest absolute Gasteiger partial charge is 0.501 e. The minimum absolute atomic E-state index is 0.0364. The first-order valence-electron chi connectivity index (χ1n) is 11.9. The summed E-state index contributed by atoms with van der Waals surface area (Å²) in [5, 5.41) is 10.7. The highest BCUT2D eigenvalue weighted by atomic mass is 16.6. The maximum atomic E-state index is 13.5. The molecule has 1 aromatic carbocycles. The van der Waals surface area contributed by atoms with E-state index in [2.05, 4.69) is 9.88 Å². The number of rotatable bonds is 6. The molecule has 3 rings (SSSR count). The monoisotopic (exact) mass is 503 g/mol. The molecule has 0 spiro atoms. The minimum atomic E-state index is -1.14.